The molecule has 3 heteroatoms. The van der Waals surface area contributed by atoms with Gasteiger partial charge >= 0.3 is 0 Å². The summed E-state index contributed by atoms with van der Waals surface area (Å²) in [5.74, 6) is 0. The first-order valence-electron chi connectivity index (χ1n) is 18.7. The Bertz CT molecular complexity index is 2720. The Hall–Kier alpha value is -5.90. The van der Waals surface area contributed by atoms with Crippen LogP contribution in [-0.4, -0.2) is 8.07 Å². The average molecular weight is 701 g/mol. The lowest BCUT2D eigenvalue weighted by Crippen LogP contribution is -2.37. The van der Waals surface area contributed by atoms with Gasteiger partial charge in [-0.05, 0) is 166 Å². The Morgan fingerprint density at radius 1 is 0.358 bits per heavy atom. The summed E-state index contributed by atoms with van der Waals surface area (Å²) in [6.07, 6.45) is 0. The number of benzene rings is 8. The first kappa shape index (κ1) is 33.0. The molecule has 0 aromatic heterocycles. The Morgan fingerprint density at radius 3 is 1.26 bits per heavy atom. The van der Waals surface area contributed by atoms with Gasteiger partial charge in [0.15, 0.2) is 0 Å². The molecule has 1 aliphatic rings. The highest BCUT2D eigenvalue weighted by atomic mass is 28.3. The van der Waals surface area contributed by atoms with Crippen LogP contribution in [0, 0.1) is 20.8 Å². The minimum Gasteiger partial charge on any atom is -0.310 e. The minimum absolute atomic E-state index is 1.16. The number of hydrogen-bond donors (Lipinski definition) is 0. The van der Waals surface area contributed by atoms with Gasteiger partial charge in [0.1, 0.15) is 0 Å². The van der Waals surface area contributed by atoms with Gasteiger partial charge in [-0.25, -0.2) is 0 Å². The summed E-state index contributed by atoms with van der Waals surface area (Å²) < 4.78 is 0. The van der Waals surface area contributed by atoms with Gasteiger partial charge in [-0.15, -0.1) is 0 Å². The highest BCUT2D eigenvalue weighted by Crippen LogP contribution is 2.51. The van der Waals surface area contributed by atoms with Crippen LogP contribution in [-0.2, 0) is 0 Å². The largest absolute Gasteiger partial charge is 0.310 e. The fourth-order valence-corrected chi connectivity index (χ4v) is 9.22. The van der Waals surface area contributed by atoms with E-state index in [0.29, 0.717) is 0 Å². The standard InChI is InChI=1S/C50H44N2Si/c1-33-13-11-16-40(25-33)51(49-19-9-7-14-34(49)2)42-23-21-36-28-45-46-29-37-22-24-43(27-39(37)31-48(46)47(45)30-38(36)26-42)52(50-20-10-8-15-35(50)3)41-17-12-18-44(32-41)53(4,5)6/h7-32H,1-6H3. The van der Waals surface area contributed by atoms with Crippen LogP contribution in [0.25, 0.3) is 43.8 Å². The van der Waals surface area contributed by atoms with E-state index in [9.17, 15) is 0 Å². The van der Waals surface area contributed by atoms with Crippen molar-refractivity contribution in [3.8, 4) is 22.3 Å². The molecule has 0 atom stereocenters. The van der Waals surface area contributed by atoms with E-state index in [1.54, 1.807) is 0 Å². The molecule has 0 heterocycles. The summed E-state index contributed by atoms with van der Waals surface area (Å²) in [6, 6.07) is 58.8. The third kappa shape index (κ3) is 5.82. The zero-order valence-corrected chi connectivity index (χ0v) is 32.4. The molecule has 0 unspecified atom stereocenters. The molecule has 258 valence electrons. The third-order valence-corrected chi connectivity index (χ3v) is 13.0. The van der Waals surface area contributed by atoms with Crippen molar-refractivity contribution in [2.24, 2.45) is 0 Å². The summed E-state index contributed by atoms with van der Waals surface area (Å²) in [7, 11) is -1.51. The molecule has 2 nitrogen and oxygen atoms in total. The highest BCUT2D eigenvalue weighted by Gasteiger charge is 2.26. The normalized spacial score (nSPS) is 12.0. The molecule has 0 saturated heterocycles. The van der Waals surface area contributed by atoms with Gasteiger partial charge in [0.2, 0.25) is 0 Å². The Balaban J connectivity index is 1.14. The van der Waals surface area contributed by atoms with Crippen LogP contribution < -0.4 is 15.0 Å². The monoisotopic (exact) mass is 700 g/mol. The van der Waals surface area contributed by atoms with E-state index in [-0.39, 0.29) is 0 Å². The van der Waals surface area contributed by atoms with E-state index in [4.69, 9.17) is 0 Å². The lowest BCUT2D eigenvalue weighted by molar-refractivity contribution is 1.25. The van der Waals surface area contributed by atoms with E-state index >= 15 is 0 Å². The van der Waals surface area contributed by atoms with Gasteiger partial charge in [-0.3, -0.25) is 0 Å². The van der Waals surface area contributed by atoms with Crippen LogP contribution in [0.3, 0.4) is 0 Å². The van der Waals surface area contributed by atoms with E-state index in [0.717, 1.165) is 5.69 Å². The SMILES string of the molecule is Cc1cccc(N(c2ccc3cc4c(cc3c2)-c2cc3cc(N(c5cccc([Si](C)(C)C)c5)c5ccccc5C)ccc3cc2-4)c2ccccc2C)c1. The second-order valence-corrected chi connectivity index (χ2v) is 20.8. The zero-order valence-electron chi connectivity index (χ0n) is 31.4. The average Bonchev–Trinajstić information content (AvgIpc) is 3.15. The lowest BCUT2D eigenvalue weighted by atomic mass is 9.78. The number of nitrogens with zero attached hydrogens (tertiary/aromatic N) is 2. The van der Waals surface area contributed by atoms with E-state index in [1.807, 2.05) is 0 Å². The number of para-hydroxylation sites is 2. The molecule has 0 bridgehead atoms. The van der Waals surface area contributed by atoms with Crippen LogP contribution in [0.2, 0.25) is 19.6 Å². The first-order chi connectivity index (χ1) is 25.6. The van der Waals surface area contributed by atoms with E-state index in [2.05, 4.69) is 208 Å². The molecule has 53 heavy (non-hydrogen) atoms. The molecule has 9 rings (SSSR count). The Kier molecular flexibility index (Phi) is 7.87. The highest BCUT2D eigenvalue weighted by molar-refractivity contribution is 6.88. The van der Waals surface area contributed by atoms with Gasteiger partial charge in [0, 0.05) is 34.1 Å². The second-order valence-electron chi connectivity index (χ2n) is 15.7. The van der Waals surface area contributed by atoms with Crippen molar-refractivity contribution in [1.82, 2.24) is 0 Å². The number of rotatable bonds is 7. The van der Waals surface area contributed by atoms with Crippen molar-refractivity contribution < 1.29 is 0 Å². The summed E-state index contributed by atoms with van der Waals surface area (Å²) in [6.45, 7) is 13.8. The summed E-state index contributed by atoms with van der Waals surface area (Å²) >= 11 is 0. The zero-order chi connectivity index (χ0) is 36.4. The maximum atomic E-state index is 2.44. The molecule has 1 aliphatic carbocycles. The molecular formula is C50H44N2Si. The van der Waals surface area contributed by atoms with Crippen molar-refractivity contribution in [3.63, 3.8) is 0 Å². The van der Waals surface area contributed by atoms with Crippen molar-refractivity contribution in [2.45, 2.75) is 40.4 Å². The fourth-order valence-electron chi connectivity index (χ4n) is 8.04. The maximum Gasteiger partial charge on any atom is 0.0776 e. The topological polar surface area (TPSA) is 6.48 Å². The molecule has 8 aromatic carbocycles. The molecule has 0 amide bonds. The lowest BCUT2D eigenvalue weighted by Gasteiger charge is -2.30. The molecule has 0 spiro atoms. The van der Waals surface area contributed by atoms with E-state index < -0.39 is 8.07 Å². The van der Waals surface area contributed by atoms with Crippen molar-refractivity contribution in [2.75, 3.05) is 9.80 Å². The maximum absolute atomic E-state index is 2.44. The Labute approximate surface area is 314 Å². The number of anilines is 6. The van der Waals surface area contributed by atoms with Crippen molar-refractivity contribution in [3.05, 3.63) is 174 Å². The molecule has 8 aromatic rings. The molecule has 0 radical (unpaired) electrons. The fraction of sp³-hybridized carbons (Fsp3) is 0.120. The summed E-state index contributed by atoms with van der Waals surface area (Å²) in [5, 5.41) is 6.49. The van der Waals surface area contributed by atoms with Gasteiger partial charge < -0.3 is 9.80 Å². The molecule has 0 aliphatic heterocycles. The predicted molar refractivity (Wildman–Crippen MR) is 232 cm³/mol. The third-order valence-electron chi connectivity index (χ3n) is 11.0. The summed E-state index contributed by atoms with van der Waals surface area (Å²) in [5.41, 5.74) is 16.2. The molecular weight excluding hydrogens is 657 g/mol. The van der Waals surface area contributed by atoms with E-state index in [1.165, 1.54) is 94.1 Å². The van der Waals surface area contributed by atoms with Gasteiger partial charge in [-0.1, -0.05) is 97.6 Å². The summed E-state index contributed by atoms with van der Waals surface area (Å²) in [4.78, 5) is 4.83. The van der Waals surface area contributed by atoms with Gasteiger partial charge in [-0.2, -0.15) is 0 Å². The number of aryl methyl sites for hydroxylation is 3. The number of fused-ring (bicyclic) bond motifs is 6. The molecule has 0 saturated carbocycles. The predicted octanol–water partition coefficient (Wildman–Crippen LogP) is 14.1. The van der Waals surface area contributed by atoms with Crippen LogP contribution in [0.4, 0.5) is 34.1 Å². The van der Waals surface area contributed by atoms with Crippen LogP contribution in [0.1, 0.15) is 16.7 Å². The van der Waals surface area contributed by atoms with Crippen molar-refractivity contribution >= 4 is 68.9 Å². The van der Waals surface area contributed by atoms with Crippen LogP contribution in [0.5, 0.6) is 0 Å². The second kappa shape index (κ2) is 12.6. The Morgan fingerprint density at radius 2 is 0.792 bits per heavy atom. The molecule has 0 N–H and O–H groups in total. The van der Waals surface area contributed by atoms with Gasteiger partial charge in [0.25, 0.3) is 0 Å². The quantitative estimate of drug-likeness (QED) is 0.153. The first-order valence-corrected chi connectivity index (χ1v) is 22.2. The van der Waals surface area contributed by atoms with Gasteiger partial charge in [0.05, 0.1) is 8.07 Å². The number of hydrogen-bond acceptors (Lipinski definition) is 2. The van der Waals surface area contributed by atoms with Crippen LogP contribution in [0.15, 0.2) is 158 Å². The van der Waals surface area contributed by atoms with Crippen molar-refractivity contribution in [1.29, 1.82) is 0 Å². The molecule has 0 fully saturated rings. The van der Waals surface area contributed by atoms with Crippen LogP contribution >= 0.6 is 0 Å². The minimum atomic E-state index is -1.51. The smallest absolute Gasteiger partial charge is 0.0776 e.